The van der Waals surface area contributed by atoms with Gasteiger partial charge in [0.15, 0.2) is 5.43 Å². The zero-order valence-corrected chi connectivity index (χ0v) is 31.2. The molecule has 19 nitrogen and oxygen atoms in total. The summed E-state index contributed by atoms with van der Waals surface area (Å²) in [6.07, 6.45) is -0.536. The Labute approximate surface area is 330 Å². The predicted molar refractivity (Wildman–Crippen MR) is 206 cm³/mol. The minimum atomic E-state index is -1.34. The van der Waals surface area contributed by atoms with Crippen molar-refractivity contribution in [3.63, 3.8) is 0 Å². The molecule has 2 aromatic carbocycles. The van der Waals surface area contributed by atoms with Crippen molar-refractivity contribution in [2.45, 2.75) is 18.9 Å². The minimum Gasteiger partial charge on any atom is -0.508 e. The summed E-state index contributed by atoms with van der Waals surface area (Å²) < 4.78 is 5.86. The highest BCUT2D eigenvalue weighted by molar-refractivity contribution is 6.08. The molecule has 19 heteroatoms. The summed E-state index contributed by atoms with van der Waals surface area (Å²) >= 11 is 0. The zero-order valence-electron chi connectivity index (χ0n) is 31.2. The van der Waals surface area contributed by atoms with Gasteiger partial charge in [-0.3, -0.25) is 48.4 Å². The Morgan fingerprint density at radius 1 is 0.672 bits per heavy atom. The second-order valence-corrected chi connectivity index (χ2v) is 13.9. The molecule has 0 radical (unpaired) electrons. The normalized spacial score (nSPS) is 15.9. The number of anilines is 1. The van der Waals surface area contributed by atoms with Gasteiger partial charge in [-0.2, -0.15) is 0 Å². The second-order valence-electron chi connectivity index (χ2n) is 13.9. The largest absolute Gasteiger partial charge is 0.508 e. The number of aromatic hydroxyl groups is 1. The highest BCUT2D eigenvalue weighted by atomic mass is 16.4. The van der Waals surface area contributed by atoms with Gasteiger partial charge in [0.2, 0.25) is 5.91 Å². The van der Waals surface area contributed by atoms with Gasteiger partial charge in [0.05, 0.1) is 25.2 Å². The number of aliphatic carboxylic acids is 4. The summed E-state index contributed by atoms with van der Waals surface area (Å²) in [7, 11) is 0. The van der Waals surface area contributed by atoms with E-state index in [2.05, 4.69) is 5.32 Å². The molecule has 0 spiro atoms. The Kier molecular flexibility index (Phi) is 14.1. The average Bonchev–Trinajstić information content (AvgIpc) is 3.13. The second kappa shape index (κ2) is 19.2. The first kappa shape index (κ1) is 42.7. The SMILES string of the molecule is O=C(O)CN1CCN(CC(=O)O)CCN(C(CCC(=O)Nc2ccc(-c3c4ccc(=O)cc-4oc4cc(O)ccc34)c(C(=O)O)c2)C(=O)O)CCN(CC(=O)O)CC1. The molecule has 1 atom stereocenters. The molecular weight excluding hydrogens is 762 g/mol. The Morgan fingerprint density at radius 2 is 1.22 bits per heavy atom. The maximum atomic E-state index is 13.3. The van der Waals surface area contributed by atoms with Crippen molar-refractivity contribution < 1.29 is 63.8 Å². The Hall–Kier alpha value is -6.41. The lowest BCUT2D eigenvalue weighted by atomic mass is 9.90. The van der Waals surface area contributed by atoms with Crippen LogP contribution >= 0.6 is 0 Å². The molecule has 2 aromatic rings. The zero-order chi connectivity index (χ0) is 42.1. The Balaban J connectivity index is 1.36. The van der Waals surface area contributed by atoms with Crippen molar-refractivity contribution in [2.75, 3.05) is 77.3 Å². The number of benzene rings is 3. The number of carbonyl (C=O) groups is 6. The Morgan fingerprint density at radius 3 is 1.76 bits per heavy atom. The van der Waals surface area contributed by atoms with E-state index >= 15 is 0 Å². The van der Waals surface area contributed by atoms with E-state index in [4.69, 9.17) is 4.42 Å². The molecular formula is C39H43N5O14. The molecule has 308 valence electrons. The van der Waals surface area contributed by atoms with Crippen LogP contribution in [0.1, 0.15) is 23.2 Å². The van der Waals surface area contributed by atoms with Gasteiger partial charge in [-0.15, -0.1) is 0 Å². The number of phenolic OH excluding ortho intramolecular Hbond substituents is 1. The van der Waals surface area contributed by atoms with Crippen molar-refractivity contribution in [1.82, 2.24) is 19.6 Å². The molecule has 58 heavy (non-hydrogen) atoms. The Bertz CT molecular complexity index is 2190. The summed E-state index contributed by atoms with van der Waals surface area (Å²) in [5.74, 6) is -6.57. The molecule has 5 rings (SSSR count). The highest BCUT2D eigenvalue weighted by Gasteiger charge is 2.29. The summed E-state index contributed by atoms with van der Waals surface area (Å²) in [4.78, 5) is 91.8. The molecule has 2 heterocycles. The summed E-state index contributed by atoms with van der Waals surface area (Å²) in [6.45, 7) is -0.321. The van der Waals surface area contributed by atoms with E-state index < -0.39 is 54.9 Å². The van der Waals surface area contributed by atoms with Gasteiger partial charge in [0.25, 0.3) is 0 Å². The molecule has 0 saturated carbocycles. The van der Waals surface area contributed by atoms with Gasteiger partial charge in [-0.05, 0) is 48.4 Å². The van der Waals surface area contributed by atoms with Crippen molar-refractivity contribution in [3.8, 4) is 28.2 Å². The number of nitrogens with one attached hydrogen (secondary N) is 1. The first-order valence-electron chi connectivity index (χ1n) is 18.2. The number of phenols is 1. The van der Waals surface area contributed by atoms with Crippen LogP contribution in [-0.4, -0.2) is 164 Å². The average molecular weight is 806 g/mol. The van der Waals surface area contributed by atoms with Gasteiger partial charge in [0, 0.05) is 93.1 Å². The third-order valence-electron chi connectivity index (χ3n) is 9.80. The van der Waals surface area contributed by atoms with Crippen molar-refractivity contribution in [1.29, 1.82) is 0 Å². The van der Waals surface area contributed by atoms with Gasteiger partial charge < -0.3 is 40.4 Å². The van der Waals surface area contributed by atoms with E-state index in [1.165, 1.54) is 48.5 Å². The van der Waals surface area contributed by atoms with Crippen LogP contribution in [0.5, 0.6) is 5.75 Å². The van der Waals surface area contributed by atoms with Crippen LogP contribution in [0.2, 0.25) is 0 Å². The molecule has 3 aliphatic rings. The molecule has 1 amide bonds. The lowest BCUT2D eigenvalue weighted by Crippen LogP contribution is -2.52. The van der Waals surface area contributed by atoms with Crippen LogP contribution in [-0.2, 0) is 24.0 Å². The number of fused-ring (bicyclic) bond motifs is 2. The molecule has 1 unspecified atom stereocenters. The number of rotatable bonds is 14. The van der Waals surface area contributed by atoms with Crippen molar-refractivity contribution in [3.05, 3.63) is 70.4 Å². The topological polar surface area (TPSA) is 279 Å². The summed E-state index contributed by atoms with van der Waals surface area (Å²) in [5.41, 5.74) is 0.793. The van der Waals surface area contributed by atoms with Crippen LogP contribution in [0.25, 0.3) is 33.4 Å². The lowest BCUT2D eigenvalue weighted by molar-refractivity contribution is -0.145. The number of nitrogens with zero attached hydrogens (tertiary/aromatic N) is 4. The molecule has 0 bridgehead atoms. The lowest BCUT2D eigenvalue weighted by Gasteiger charge is -2.35. The first-order chi connectivity index (χ1) is 27.6. The molecule has 1 aliphatic carbocycles. The third-order valence-corrected chi connectivity index (χ3v) is 9.80. The monoisotopic (exact) mass is 805 g/mol. The maximum absolute atomic E-state index is 13.3. The fourth-order valence-electron chi connectivity index (χ4n) is 7.03. The number of hydrogen-bond donors (Lipinski definition) is 7. The van der Waals surface area contributed by atoms with Crippen LogP contribution in [0.15, 0.2) is 63.8 Å². The van der Waals surface area contributed by atoms with E-state index in [1.807, 2.05) is 0 Å². The van der Waals surface area contributed by atoms with Crippen LogP contribution < -0.4 is 10.7 Å². The van der Waals surface area contributed by atoms with Crippen LogP contribution in [0.4, 0.5) is 5.69 Å². The smallest absolute Gasteiger partial charge is 0.336 e. The number of hydrogen-bond acceptors (Lipinski definition) is 13. The molecule has 0 aromatic heterocycles. The highest BCUT2D eigenvalue weighted by Crippen LogP contribution is 2.42. The molecule has 2 aliphatic heterocycles. The van der Waals surface area contributed by atoms with Crippen molar-refractivity contribution >= 4 is 52.4 Å². The van der Waals surface area contributed by atoms with E-state index in [-0.39, 0.29) is 111 Å². The predicted octanol–water partition coefficient (Wildman–Crippen LogP) is 1.62. The van der Waals surface area contributed by atoms with Crippen molar-refractivity contribution in [2.24, 2.45) is 0 Å². The molecule has 1 saturated heterocycles. The quantitative estimate of drug-likeness (QED) is 0.0892. The maximum Gasteiger partial charge on any atom is 0.336 e. The number of carbonyl (C=O) groups excluding carboxylic acids is 1. The molecule has 1 fully saturated rings. The first-order valence-corrected chi connectivity index (χ1v) is 18.2. The van der Waals surface area contributed by atoms with E-state index in [1.54, 1.807) is 25.7 Å². The molecule has 7 N–H and O–H groups in total. The fourth-order valence-corrected chi connectivity index (χ4v) is 7.03. The standard InChI is InChI=1S/C39H43N5O14/c45-24-2-5-27-31(18-24)58-32-19-25(46)3-6-28(32)37(27)26-4-1-23(17-29(26)38(54)55)40-33(47)8-7-30(39(56)57)44-15-13-42(21-35(50)51)11-9-41(20-34(48)49)10-12-43(14-16-44)22-36(52)53/h1-6,17-19,30,45H,7-16,20-22H2,(H,40,47)(H,48,49)(H,50,51)(H,52,53)(H,54,55)(H,56,57). The number of carboxylic acids is 5. The van der Waals surface area contributed by atoms with Gasteiger partial charge in [-0.25, -0.2) is 4.79 Å². The third kappa shape index (κ3) is 11.3. The fraction of sp³-hybridized carbons (Fsp3) is 0.359. The van der Waals surface area contributed by atoms with Gasteiger partial charge >= 0.3 is 29.8 Å². The van der Waals surface area contributed by atoms with Crippen LogP contribution in [0, 0.1) is 0 Å². The van der Waals surface area contributed by atoms with E-state index in [0.717, 1.165) is 0 Å². The summed E-state index contributed by atoms with van der Waals surface area (Å²) in [6, 6.07) is 11.3. The van der Waals surface area contributed by atoms with Gasteiger partial charge in [0.1, 0.15) is 23.1 Å². The summed E-state index contributed by atoms with van der Waals surface area (Å²) in [5, 5.41) is 62.2. The minimum absolute atomic E-state index is 0.0288. The number of amides is 1. The number of carboxylic acid groups (broad SMARTS) is 5. The number of aromatic carboxylic acids is 1. The van der Waals surface area contributed by atoms with Crippen LogP contribution in [0.3, 0.4) is 0 Å². The van der Waals surface area contributed by atoms with E-state index in [0.29, 0.717) is 16.5 Å². The van der Waals surface area contributed by atoms with E-state index in [9.17, 15) is 64.2 Å². The van der Waals surface area contributed by atoms with Gasteiger partial charge in [-0.1, -0.05) is 6.07 Å².